The first-order valence-corrected chi connectivity index (χ1v) is 9.73. The van der Waals surface area contributed by atoms with Crippen LogP contribution in [0.4, 0.5) is 10.1 Å². The number of aryl methyl sites for hydroxylation is 2. The summed E-state index contributed by atoms with van der Waals surface area (Å²) in [5.74, 6) is -1.28. The van der Waals surface area contributed by atoms with Crippen LogP contribution in [-0.2, 0) is 14.8 Å². The molecule has 0 aliphatic carbocycles. The highest BCUT2D eigenvalue weighted by molar-refractivity contribution is 9.10. The van der Waals surface area contributed by atoms with Gasteiger partial charge in [-0.15, -0.1) is 0 Å². The van der Waals surface area contributed by atoms with Crippen molar-refractivity contribution in [2.75, 3.05) is 5.32 Å². The average Bonchev–Trinajstić information content (AvgIpc) is 2.51. The number of benzene rings is 2. The molecule has 0 spiro atoms. The molecule has 1 amide bonds. The molecule has 0 aromatic heterocycles. The van der Waals surface area contributed by atoms with Gasteiger partial charge in [0.15, 0.2) is 0 Å². The van der Waals surface area contributed by atoms with Gasteiger partial charge in [-0.3, -0.25) is 4.79 Å². The zero-order valence-corrected chi connectivity index (χ0v) is 16.3. The minimum atomic E-state index is -3.88. The van der Waals surface area contributed by atoms with Gasteiger partial charge in [0.05, 0.1) is 16.6 Å². The van der Waals surface area contributed by atoms with Gasteiger partial charge in [-0.25, -0.2) is 12.8 Å². The summed E-state index contributed by atoms with van der Waals surface area (Å²) in [5, 5.41) is 2.38. The summed E-state index contributed by atoms with van der Waals surface area (Å²) in [5.41, 5.74) is 1.34. The summed E-state index contributed by atoms with van der Waals surface area (Å²) in [6, 6.07) is 8.14. The van der Waals surface area contributed by atoms with E-state index in [0.717, 1.165) is 5.56 Å². The maximum absolute atomic E-state index is 13.8. The molecule has 1 atom stereocenters. The summed E-state index contributed by atoms with van der Waals surface area (Å²) < 4.78 is 41.7. The van der Waals surface area contributed by atoms with E-state index in [1.807, 2.05) is 0 Å². The monoisotopic (exact) mass is 428 g/mol. The molecule has 0 aliphatic heterocycles. The van der Waals surface area contributed by atoms with Gasteiger partial charge >= 0.3 is 0 Å². The SMILES string of the molecule is Cc1ccc(C)c(S(=O)(=O)NC(C)C(=O)Nc2ccc(Br)cc2F)c1. The van der Waals surface area contributed by atoms with Gasteiger partial charge in [-0.2, -0.15) is 4.72 Å². The van der Waals surface area contributed by atoms with Crippen LogP contribution < -0.4 is 10.0 Å². The van der Waals surface area contributed by atoms with E-state index in [9.17, 15) is 17.6 Å². The number of sulfonamides is 1. The molecule has 0 fully saturated rings. The normalized spacial score (nSPS) is 12.7. The van der Waals surface area contributed by atoms with Crippen LogP contribution in [0.25, 0.3) is 0 Å². The third-order valence-corrected chi connectivity index (χ3v) is 5.72. The molecule has 5 nitrogen and oxygen atoms in total. The minimum absolute atomic E-state index is 0.0222. The van der Waals surface area contributed by atoms with Crippen molar-refractivity contribution in [3.05, 3.63) is 57.8 Å². The number of hydrogen-bond donors (Lipinski definition) is 2. The Morgan fingerprint density at radius 1 is 1.16 bits per heavy atom. The number of carbonyl (C=O) groups excluding carboxylic acids is 1. The second kappa shape index (κ2) is 7.63. The maximum atomic E-state index is 13.8. The van der Waals surface area contributed by atoms with Gasteiger partial charge in [0, 0.05) is 4.47 Å². The second-order valence-corrected chi connectivity index (χ2v) is 8.32. The number of amides is 1. The molecular weight excluding hydrogens is 411 g/mol. The molecular formula is C17H18BrFN2O3S. The van der Waals surface area contributed by atoms with E-state index in [1.54, 1.807) is 32.0 Å². The first kappa shape index (κ1) is 19.6. The van der Waals surface area contributed by atoms with Gasteiger partial charge < -0.3 is 5.32 Å². The number of carbonyl (C=O) groups is 1. The molecule has 0 heterocycles. The molecule has 1 unspecified atom stereocenters. The second-order valence-electron chi connectivity index (χ2n) is 5.73. The lowest BCUT2D eigenvalue weighted by atomic mass is 10.2. The molecule has 0 aliphatic rings. The van der Waals surface area contributed by atoms with E-state index in [4.69, 9.17) is 0 Å². The standard InChI is InChI=1S/C17H18BrFN2O3S/c1-10-4-5-11(2)16(8-10)25(23,24)21-12(3)17(22)20-15-7-6-13(18)9-14(15)19/h4-9,12,21H,1-3H3,(H,20,22). The Hall–Kier alpha value is -1.77. The van der Waals surface area contributed by atoms with Crippen LogP contribution in [0, 0.1) is 19.7 Å². The molecule has 8 heteroatoms. The van der Waals surface area contributed by atoms with Crippen LogP contribution in [0.15, 0.2) is 45.8 Å². The van der Waals surface area contributed by atoms with Crippen molar-refractivity contribution < 1.29 is 17.6 Å². The van der Waals surface area contributed by atoms with E-state index < -0.39 is 27.8 Å². The molecule has 0 radical (unpaired) electrons. The van der Waals surface area contributed by atoms with Crippen molar-refractivity contribution in [1.29, 1.82) is 0 Å². The fourth-order valence-corrected chi connectivity index (χ4v) is 4.04. The van der Waals surface area contributed by atoms with Crippen molar-refractivity contribution in [2.24, 2.45) is 0 Å². The smallest absolute Gasteiger partial charge is 0.242 e. The Labute approximate surface area is 154 Å². The largest absolute Gasteiger partial charge is 0.322 e. The topological polar surface area (TPSA) is 75.3 Å². The highest BCUT2D eigenvalue weighted by Crippen LogP contribution is 2.20. The van der Waals surface area contributed by atoms with Crippen molar-refractivity contribution in [2.45, 2.75) is 31.7 Å². The maximum Gasteiger partial charge on any atom is 0.242 e. The van der Waals surface area contributed by atoms with Gasteiger partial charge in [0.1, 0.15) is 5.82 Å². The highest BCUT2D eigenvalue weighted by atomic mass is 79.9. The molecule has 2 N–H and O–H groups in total. The Kier molecular flexibility index (Phi) is 5.97. The lowest BCUT2D eigenvalue weighted by molar-refractivity contribution is -0.117. The first-order chi connectivity index (χ1) is 11.6. The fraction of sp³-hybridized carbons (Fsp3) is 0.235. The molecule has 2 aromatic rings. The lowest BCUT2D eigenvalue weighted by Crippen LogP contribution is -2.41. The predicted octanol–water partition coefficient (Wildman–Crippen LogP) is 3.51. The Bertz CT molecular complexity index is 916. The van der Waals surface area contributed by atoms with Crippen LogP contribution in [0.1, 0.15) is 18.1 Å². The number of nitrogens with one attached hydrogen (secondary N) is 2. The molecule has 2 rings (SSSR count). The van der Waals surface area contributed by atoms with Gasteiger partial charge in [0.2, 0.25) is 15.9 Å². The van der Waals surface area contributed by atoms with Crippen molar-refractivity contribution in [3.8, 4) is 0 Å². The lowest BCUT2D eigenvalue weighted by Gasteiger charge is -2.16. The van der Waals surface area contributed by atoms with Crippen molar-refractivity contribution >= 4 is 37.5 Å². The zero-order chi connectivity index (χ0) is 18.8. The fourth-order valence-electron chi connectivity index (χ4n) is 2.18. The quantitative estimate of drug-likeness (QED) is 0.764. The summed E-state index contributed by atoms with van der Waals surface area (Å²) in [4.78, 5) is 12.3. The molecule has 2 aromatic carbocycles. The third kappa shape index (κ3) is 4.87. The van der Waals surface area contributed by atoms with Crippen molar-refractivity contribution in [3.63, 3.8) is 0 Å². The van der Waals surface area contributed by atoms with Gasteiger partial charge in [0.25, 0.3) is 0 Å². The van der Waals surface area contributed by atoms with Crippen LogP contribution in [0.5, 0.6) is 0 Å². The van der Waals surface area contributed by atoms with Crippen LogP contribution in [0.3, 0.4) is 0 Å². The van der Waals surface area contributed by atoms with Gasteiger partial charge in [-0.1, -0.05) is 28.1 Å². The van der Waals surface area contributed by atoms with E-state index in [1.165, 1.54) is 25.1 Å². The zero-order valence-electron chi connectivity index (χ0n) is 13.9. The van der Waals surface area contributed by atoms with Crippen LogP contribution in [0.2, 0.25) is 0 Å². The number of rotatable bonds is 5. The van der Waals surface area contributed by atoms with E-state index in [0.29, 0.717) is 10.0 Å². The Balaban J connectivity index is 2.16. The summed E-state index contributed by atoms with van der Waals surface area (Å²) in [7, 11) is -3.88. The van der Waals surface area contributed by atoms with Gasteiger partial charge in [-0.05, 0) is 56.2 Å². The van der Waals surface area contributed by atoms with E-state index in [2.05, 4.69) is 26.0 Å². The first-order valence-electron chi connectivity index (χ1n) is 7.45. The summed E-state index contributed by atoms with van der Waals surface area (Å²) >= 11 is 3.13. The minimum Gasteiger partial charge on any atom is -0.322 e. The number of anilines is 1. The van der Waals surface area contributed by atoms with E-state index >= 15 is 0 Å². The number of halogens is 2. The van der Waals surface area contributed by atoms with Crippen molar-refractivity contribution in [1.82, 2.24) is 4.72 Å². The summed E-state index contributed by atoms with van der Waals surface area (Å²) in [6.07, 6.45) is 0. The van der Waals surface area contributed by atoms with Crippen LogP contribution >= 0.6 is 15.9 Å². The molecule has 25 heavy (non-hydrogen) atoms. The Morgan fingerprint density at radius 3 is 2.48 bits per heavy atom. The molecule has 0 saturated heterocycles. The number of hydrogen-bond acceptors (Lipinski definition) is 3. The molecule has 0 saturated carbocycles. The van der Waals surface area contributed by atoms with Crippen LogP contribution in [-0.4, -0.2) is 20.4 Å². The third-order valence-electron chi connectivity index (χ3n) is 3.55. The average molecular weight is 429 g/mol. The molecule has 0 bridgehead atoms. The highest BCUT2D eigenvalue weighted by Gasteiger charge is 2.24. The summed E-state index contributed by atoms with van der Waals surface area (Å²) in [6.45, 7) is 4.86. The molecule has 134 valence electrons. The Morgan fingerprint density at radius 2 is 1.84 bits per heavy atom. The predicted molar refractivity (Wildman–Crippen MR) is 98.4 cm³/mol. The van der Waals surface area contributed by atoms with E-state index in [-0.39, 0.29) is 10.6 Å².